The van der Waals surface area contributed by atoms with Gasteiger partial charge in [-0.2, -0.15) is 9.36 Å². The average molecular weight is 304 g/mol. The topological polar surface area (TPSA) is 35.0 Å². The van der Waals surface area contributed by atoms with Gasteiger partial charge in [-0.3, -0.25) is 0 Å². The summed E-state index contributed by atoms with van der Waals surface area (Å²) in [6.45, 7) is 0. The van der Waals surface area contributed by atoms with Gasteiger partial charge >= 0.3 is 0 Å². The fraction of sp³-hybridized carbons (Fsp3) is 0. The highest BCUT2D eigenvalue weighted by molar-refractivity contribution is 14.1. The molecule has 1 heterocycles. The molecule has 1 aromatic heterocycles. The Labute approximate surface area is 93.1 Å². The predicted octanol–water partition coefficient (Wildman–Crippen LogP) is 2.94. The van der Waals surface area contributed by atoms with Crippen LogP contribution in [0.4, 0.5) is 0 Å². The molecule has 0 aliphatic carbocycles. The zero-order valence-corrected chi connectivity index (χ0v) is 9.45. The van der Waals surface area contributed by atoms with Crippen molar-refractivity contribution in [1.82, 2.24) is 9.36 Å². The van der Waals surface area contributed by atoms with E-state index in [9.17, 15) is 0 Å². The van der Waals surface area contributed by atoms with Crippen molar-refractivity contribution in [2.24, 2.45) is 0 Å². The molecule has 1 aromatic carbocycles. The molecule has 0 unspecified atom stereocenters. The Morgan fingerprint density at radius 3 is 2.62 bits per heavy atom. The van der Waals surface area contributed by atoms with E-state index in [1.807, 2.05) is 24.3 Å². The molecule has 0 fully saturated rings. The number of hydrogen-bond donors (Lipinski definition) is 0. The molecule has 0 aliphatic rings. The lowest BCUT2D eigenvalue weighted by Crippen LogP contribution is -1.81. The summed E-state index contributed by atoms with van der Waals surface area (Å²) in [4.78, 5) is 3.92. The first kappa shape index (κ1) is 8.89. The summed E-state index contributed by atoms with van der Waals surface area (Å²) in [5.74, 6) is 0.789. The molecule has 0 spiro atoms. The number of rotatable bonds is 2. The average Bonchev–Trinajstić information content (AvgIpc) is 2.62. The maximum Gasteiger partial charge on any atom is 0.298 e. The van der Waals surface area contributed by atoms with Crippen LogP contribution in [0, 0.1) is 3.57 Å². The fourth-order valence-corrected chi connectivity index (χ4v) is 1.58. The molecule has 2 aromatic rings. The van der Waals surface area contributed by atoms with Crippen molar-refractivity contribution < 1.29 is 4.74 Å². The summed E-state index contributed by atoms with van der Waals surface area (Å²) in [6.07, 6.45) is 1.48. The second kappa shape index (κ2) is 4.01. The summed E-state index contributed by atoms with van der Waals surface area (Å²) in [5, 5.41) is 0.571. The second-order valence-corrected chi connectivity index (χ2v) is 4.25. The standard InChI is InChI=1S/C8H5IN2OS/c9-6-1-3-7(4-2-6)12-8-10-5-11-13-8/h1-5H. The SMILES string of the molecule is Ic1ccc(Oc2ncns2)cc1. The van der Waals surface area contributed by atoms with E-state index in [0.717, 1.165) is 5.75 Å². The minimum absolute atomic E-state index is 0.571. The van der Waals surface area contributed by atoms with Gasteiger partial charge in [0.05, 0.1) is 0 Å². The maximum atomic E-state index is 5.41. The smallest absolute Gasteiger partial charge is 0.298 e. The molecule has 0 bridgehead atoms. The van der Waals surface area contributed by atoms with E-state index in [-0.39, 0.29) is 0 Å². The van der Waals surface area contributed by atoms with Crippen molar-refractivity contribution in [3.8, 4) is 10.9 Å². The van der Waals surface area contributed by atoms with Gasteiger partial charge in [0.15, 0.2) is 0 Å². The number of nitrogens with zero attached hydrogens (tertiary/aromatic N) is 2. The van der Waals surface area contributed by atoms with E-state index in [4.69, 9.17) is 4.74 Å². The van der Waals surface area contributed by atoms with Gasteiger partial charge in [-0.25, -0.2) is 0 Å². The van der Waals surface area contributed by atoms with E-state index in [0.29, 0.717) is 5.19 Å². The molecule has 0 saturated heterocycles. The Morgan fingerprint density at radius 2 is 2.00 bits per heavy atom. The van der Waals surface area contributed by atoms with Gasteiger partial charge in [0.1, 0.15) is 12.1 Å². The van der Waals surface area contributed by atoms with Crippen LogP contribution in [0.2, 0.25) is 0 Å². The maximum absolute atomic E-state index is 5.41. The van der Waals surface area contributed by atoms with E-state index in [1.165, 1.54) is 21.4 Å². The molecule has 66 valence electrons. The second-order valence-electron chi connectivity index (χ2n) is 2.26. The largest absolute Gasteiger partial charge is 0.430 e. The quantitative estimate of drug-likeness (QED) is 0.800. The first-order chi connectivity index (χ1) is 6.34. The van der Waals surface area contributed by atoms with Crippen LogP contribution in [-0.4, -0.2) is 9.36 Å². The minimum Gasteiger partial charge on any atom is -0.430 e. The molecular weight excluding hydrogens is 299 g/mol. The minimum atomic E-state index is 0.571. The van der Waals surface area contributed by atoms with Crippen molar-refractivity contribution >= 4 is 34.1 Å². The molecule has 0 aliphatic heterocycles. The highest BCUT2D eigenvalue weighted by atomic mass is 127. The van der Waals surface area contributed by atoms with Gasteiger partial charge in [0.25, 0.3) is 5.19 Å². The van der Waals surface area contributed by atoms with Crippen LogP contribution in [0.5, 0.6) is 10.9 Å². The van der Waals surface area contributed by atoms with Gasteiger partial charge in [-0.15, -0.1) is 0 Å². The molecule has 0 radical (unpaired) electrons. The Kier molecular flexibility index (Phi) is 2.74. The summed E-state index contributed by atoms with van der Waals surface area (Å²) in [5.41, 5.74) is 0. The van der Waals surface area contributed by atoms with Crippen LogP contribution in [0.15, 0.2) is 30.6 Å². The van der Waals surface area contributed by atoms with Gasteiger partial charge in [0.2, 0.25) is 0 Å². The van der Waals surface area contributed by atoms with E-state index in [2.05, 4.69) is 31.9 Å². The Hall–Kier alpha value is -0.690. The molecule has 0 atom stereocenters. The van der Waals surface area contributed by atoms with E-state index >= 15 is 0 Å². The fourth-order valence-electron chi connectivity index (χ4n) is 0.811. The molecule has 3 nitrogen and oxygen atoms in total. The zero-order chi connectivity index (χ0) is 9.10. The molecule has 0 amide bonds. The number of halogens is 1. The highest BCUT2D eigenvalue weighted by Crippen LogP contribution is 2.22. The lowest BCUT2D eigenvalue weighted by Gasteiger charge is -1.99. The third-order valence-electron chi connectivity index (χ3n) is 1.36. The van der Waals surface area contributed by atoms with Crippen molar-refractivity contribution in [1.29, 1.82) is 0 Å². The highest BCUT2D eigenvalue weighted by Gasteiger charge is 1.98. The van der Waals surface area contributed by atoms with Crippen LogP contribution >= 0.6 is 34.1 Å². The number of hydrogen-bond acceptors (Lipinski definition) is 4. The van der Waals surface area contributed by atoms with Crippen molar-refractivity contribution in [2.75, 3.05) is 0 Å². The first-order valence-electron chi connectivity index (χ1n) is 3.55. The predicted molar refractivity (Wildman–Crippen MR) is 59.1 cm³/mol. The number of ether oxygens (including phenoxy) is 1. The van der Waals surface area contributed by atoms with Crippen LogP contribution in [0.25, 0.3) is 0 Å². The van der Waals surface area contributed by atoms with Gasteiger partial charge in [0, 0.05) is 15.1 Å². The monoisotopic (exact) mass is 304 g/mol. The lowest BCUT2D eigenvalue weighted by atomic mass is 10.3. The van der Waals surface area contributed by atoms with Crippen molar-refractivity contribution in [3.05, 3.63) is 34.2 Å². The van der Waals surface area contributed by atoms with Gasteiger partial charge in [-0.1, -0.05) is 0 Å². The van der Waals surface area contributed by atoms with E-state index < -0.39 is 0 Å². The van der Waals surface area contributed by atoms with Gasteiger partial charge < -0.3 is 4.74 Å². The molecule has 0 saturated carbocycles. The molecule has 2 rings (SSSR count). The van der Waals surface area contributed by atoms with E-state index in [1.54, 1.807) is 0 Å². The van der Waals surface area contributed by atoms with Crippen molar-refractivity contribution in [3.63, 3.8) is 0 Å². The third-order valence-corrected chi connectivity index (χ3v) is 2.62. The lowest BCUT2D eigenvalue weighted by molar-refractivity contribution is 0.479. The van der Waals surface area contributed by atoms with Gasteiger partial charge in [-0.05, 0) is 46.9 Å². The molecule has 13 heavy (non-hydrogen) atoms. The molecule has 0 N–H and O–H groups in total. The van der Waals surface area contributed by atoms with Crippen LogP contribution in [0.3, 0.4) is 0 Å². The number of benzene rings is 1. The Bertz CT molecular complexity index is 374. The third kappa shape index (κ3) is 2.38. The molecule has 5 heteroatoms. The summed E-state index contributed by atoms with van der Waals surface area (Å²) in [7, 11) is 0. The van der Waals surface area contributed by atoms with Crippen molar-refractivity contribution in [2.45, 2.75) is 0 Å². The van der Waals surface area contributed by atoms with Crippen LogP contribution < -0.4 is 4.74 Å². The van der Waals surface area contributed by atoms with Crippen LogP contribution in [0.1, 0.15) is 0 Å². The molecular formula is C8H5IN2OS. The normalized spacial score (nSPS) is 9.92. The number of aromatic nitrogens is 2. The Morgan fingerprint density at radius 1 is 1.23 bits per heavy atom. The summed E-state index contributed by atoms with van der Waals surface area (Å²) in [6, 6.07) is 7.78. The summed E-state index contributed by atoms with van der Waals surface area (Å²) >= 11 is 3.48. The first-order valence-corrected chi connectivity index (χ1v) is 5.40. The van der Waals surface area contributed by atoms with Crippen LogP contribution in [-0.2, 0) is 0 Å². The Balaban J connectivity index is 2.15. The zero-order valence-electron chi connectivity index (χ0n) is 6.48. The summed E-state index contributed by atoms with van der Waals surface area (Å²) < 4.78 is 10.4.